The molecule has 1 atom stereocenters. The van der Waals surface area contributed by atoms with Gasteiger partial charge in [0.1, 0.15) is 18.4 Å². The highest BCUT2D eigenvalue weighted by Crippen LogP contribution is 2.29. The molecule has 6 nitrogen and oxygen atoms in total. The Morgan fingerprint density at radius 2 is 1.96 bits per heavy atom. The summed E-state index contributed by atoms with van der Waals surface area (Å²) in [6.45, 7) is 5.09. The molecule has 8 heteroatoms. The van der Waals surface area contributed by atoms with Gasteiger partial charge in [-0.3, -0.25) is 4.31 Å². The third-order valence-electron chi connectivity index (χ3n) is 3.52. The van der Waals surface area contributed by atoms with Crippen LogP contribution in [-0.2, 0) is 14.8 Å². The Bertz CT molecular complexity index is 896. The van der Waals surface area contributed by atoms with Gasteiger partial charge in [0.2, 0.25) is 0 Å². The van der Waals surface area contributed by atoms with Crippen LogP contribution in [0.15, 0.2) is 66.1 Å². The highest BCUT2D eigenvalue weighted by molar-refractivity contribution is 7.92. The van der Waals surface area contributed by atoms with Crippen LogP contribution in [-0.4, -0.2) is 32.1 Å². The molecule has 0 spiro atoms. The second kappa shape index (κ2) is 8.25. The van der Waals surface area contributed by atoms with Crippen LogP contribution < -0.4 is 9.04 Å². The second-order valence-electron chi connectivity index (χ2n) is 5.37. The molecule has 2 aromatic carbocycles. The average Bonchev–Trinajstić information content (AvgIpc) is 2.60. The quantitative estimate of drug-likeness (QED) is 0.691. The zero-order valence-corrected chi connectivity index (χ0v) is 15.6. The van der Waals surface area contributed by atoms with Crippen molar-refractivity contribution < 1.29 is 23.1 Å². The number of hydrogen-bond acceptors (Lipinski definition) is 4. The predicted molar refractivity (Wildman–Crippen MR) is 100 cm³/mol. The molecule has 0 bridgehead atoms. The normalized spacial score (nSPS) is 12.2. The molecule has 0 radical (unpaired) electrons. The standard InChI is InChI=1S/C18H18ClNO5S/c1-3-11-25-16-6-4-5-15(12-16)20(13(2)18(21)22)26(23,24)17-9-7-14(19)8-10-17/h3-10,12-13H,1,11H2,2H3,(H,21,22). The minimum absolute atomic E-state index is 0.0626. The molecular formula is C18H18ClNO5S. The highest BCUT2D eigenvalue weighted by Gasteiger charge is 2.33. The maximum atomic E-state index is 13.1. The number of ether oxygens (including phenoxy) is 1. The van der Waals surface area contributed by atoms with Crippen molar-refractivity contribution in [1.29, 1.82) is 0 Å². The smallest absolute Gasteiger partial charge is 0.327 e. The first-order chi connectivity index (χ1) is 12.3. The van der Waals surface area contributed by atoms with Crippen molar-refractivity contribution in [3.8, 4) is 5.75 Å². The molecule has 1 N–H and O–H groups in total. The topological polar surface area (TPSA) is 83.9 Å². The third kappa shape index (κ3) is 4.36. The molecule has 1 unspecified atom stereocenters. The Balaban J connectivity index is 2.55. The van der Waals surface area contributed by atoms with E-state index in [4.69, 9.17) is 16.3 Å². The Morgan fingerprint density at radius 3 is 2.54 bits per heavy atom. The zero-order chi connectivity index (χ0) is 19.3. The predicted octanol–water partition coefficient (Wildman–Crippen LogP) is 3.57. The molecular weight excluding hydrogens is 378 g/mol. The minimum atomic E-state index is -4.13. The first-order valence-corrected chi connectivity index (χ1v) is 9.45. The number of aliphatic carboxylic acids is 1. The van der Waals surface area contributed by atoms with Gasteiger partial charge in [-0.05, 0) is 43.3 Å². The number of carboxylic acid groups (broad SMARTS) is 1. The highest BCUT2D eigenvalue weighted by atomic mass is 35.5. The molecule has 0 fully saturated rings. The third-order valence-corrected chi connectivity index (χ3v) is 5.68. The summed E-state index contributed by atoms with van der Waals surface area (Å²) >= 11 is 5.81. The summed E-state index contributed by atoms with van der Waals surface area (Å²) in [7, 11) is -4.13. The monoisotopic (exact) mass is 395 g/mol. The first kappa shape index (κ1) is 19.8. The van der Waals surface area contributed by atoms with E-state index in [1.807, 2.05) is 0 Å². The van der Waals surface area contributed by atoms with E-state index in [-0.39, 0.29) is 17.2 Å². The van der Waals surface area contributed by atoms with Gasteiger partial charge in [-0.2, -0.15) is 0 Å². The summed E-state index contributed by atoms with van der Waals surface area (Å²) < 4.78 is 32.4. The Kier molecular flexibility index (Phi) is 6.28. The number of rotatable bonds is 8. The van der Waals surface area contributed by atoms with E-state index in [0.717, 1.165) is 4.31 Å². The van der Waals surface area contributed by atoms with Crippen molar-refractivity contribution in [1.82, 2.24) is 0 Å². The number of benzene rings is 2. The van der Waals surface area contributed by atoms with Crippen LogP contribution in [0.5, 0.6) is 5.75 Å². The van der Waals surface area contributed by atoms with Gasteiger partial charge in [0.25, 0.3) is 10.0 Å². The molecule has 2 rings (SSSR count). The lowest BCUT2D eigenvalue weighted by Crippen LogP contribution is -2.43. The van der Waals surface area contributed by atoms with Crippen LogP contribution in [0.2, 0.25) is 5.02 Å². The molecule has 0 heterocycles. The van der Waals surface area contributed by atoms with Crippen molar-refractivity contribution in [2.24, 2.45) is 0 Å². The van der Waals surface area contributed by atoms with Gasteiger partial charge in [-0.1, -0.05) is 30.3 Å². The van der Waals surface area contributed by atoms with Gasteiger partial charge in [0.15, 0.2) is 0 Å². The Morgan fingerprint density at radius 1 is 1.31 bits per heavy atom. The van der Waals surface area contributed by atoms with E-state index in [1.165, 1.54) is 43.3 Å². The number of hydrogen-bond donors (Lipinski definition) is 1. The molecule has 0 aliphatic heterocycles. The molecule has 0 aliphatic carbocycles. The van der Waals surface area contributed by atoms with Crippen LogP contribution in [0, 0.1) is 0 Å². The Hall–Kier alpha value is -2.51. The largest absolute Gasteiger partial charge is 0.489 e. The van der Waals surface area contributed by atoms with Gasteiger partial charge in [0, 0.05) is 11.1 Å². The molecule has 2 aromatic rings. The second-order valence-corrected chi connectivity index (χ2v) is 7.62. The number of carbonyl (C=O) groups is 1. The van der Waals surface area contributed by atoms with E-state index >= 15 is 0 Å². The summed E-state index contributed by atoms with van der Waals surface area (Å²) in [5.41, 5.74) is 0.177. The van der Waals surface area contributed by atoms with Crippen molar-refractivity contribution >= 4 is 33.3 Å². The maximum Gasteiger partial charge on any atom is 0.327 e. The molecule has 0 saturated heterocycles. The lowest BCUT2D eigenvalue weighted by molar-refractivity contribution is -0.137. The van der Waals surface area contributed by atoms with Crippen molar-refractivity contribution in [2.45, 2.75) is 17.9 Å². The number of anilines is 1. The molecule has 0 aliphatic rings. The summed E-state index contributed by atoms with van der Waals surface area (Å²) in [5.74, 6) is -0.878. The van der Waals surface area contributed by atoms with Gasteiger partial charge in [0.05, 0.1) is 10.6 Å². The van der Waals surface area contributed by atoms with Gasteiger partial charge in [-0.15, -0.1) is 0 Å². The fraction of sp³-hybridized carbons (Fsp3) is 0.167. The lowest BCUT2D eigenvalue weighted by atomic mass is 10.2. The number of nitrogens with zero attached hydrogens (tertiary/aromatic N) is 1. The van der Waals surface area contributed by atoms with E-state index in [1.54, 1.807) is 18.2 Å². The SMILES string of the molecule is C=CCOc1cccc(N(C(C)C(=O)O)S(=O)(=O)c2ccc(Cl)cc2)c1. The summed E-state index contributed by atoms with van der Waals surface area (Å²) in [4.78, 5) is 11.5. The molecule has 138 valence electrons. The van der Waals surface area contributed by atoms with Crippen LogP contribution in [0.25, 0.3) is 0 Å². The van der Waals surface area contributed by atoms with Crippen molar-refractivity contribution in [3.05, 3.63) is 66.2 Å². The van der Waals surface area contributed by atoms with Crippen LogP contribution >= 0.6 is 11.6 Å². The average molecular weight is 396 g/mol. The number of carboxylic acids is 1. The van der Waals surface area contributed by atoms with E-state index in [9.17, 15) is 18.3 Å². The number of halogens is 1. The molecule has 0 aromatic heterocycles. The summed E-state index contributed by atoms with van der Waals surface area (Å²) in [6.07, 6.45) is 1.55. The van der Waals surface area contributed by atoms with Crippen LogP contribution in [0.1, 0.15) is 6.92 Å². The van der Waals surface area contributed by atoms with E-state index < -0.39 is 22.0 Å². The minimum Gasteiger partial charge on any atom is -0.489 e. The summed E-state index contributed by atoms with van der Waals surface area (Å²) in [5, 5.41) is 9.78. The van der Waals surface area contributed by atoms with Gasteiger partial charge in [-0.25, -0.2) is 13.2 Å². The maximum absolute atomic E-state index is 13.1. The fourth-order valence-corrected chi connectivity index (χ4v) is 3.99. The molecule has 0 amide bonds. The summed E-state index contributed by atoms with van der Waals surface area (Å²) in [6, 6.07) is 10.4. The first-order valence-electron chi connectivity index (χ1n) is 7.64. The fourth-order valence-electron chi connectivity index (χ4n) is 2.26. The van der Waals surface area contributed by atoms with Crippen molar-refractivity contribution in [2.75, 3.05) is 10.9 Å². The van der Waals surface area contributed by atoms with E-state index in [0.29, 0.717) is 10.8 Å². The van der Waals surface area contributed by atoms with E-state index in [2.05, 4.69) is 6.58 Å². The molecule has 0 saturated carbocycles. The molecule has 26 heavy (non-hydrogen) atoms. The van der Waals surface area contributed by atoms with Gasteiger partial charge >= 0.3 is 5.97 Å². The zero-order valence-electron chi connectivity index (χ0n) is 14.0. The van der Waals surface area contributed by atoms with Crippen LogP contribution in [0.3, 0.4) is 0 Å². The lowest BCUT2D eigenvalue weighted by Gasteiger charge is -2.28. The van der Waals surface area contributed by atoms with Crippen molar-refractivity contribution in [3.63, 3.8) is 0 Å². The van der Waals surface area contributed by atoms with Crippen LogP contribution in [0.4, 0.5) is 5.69 Å². The van der Waals surface area contributed by atoms with Gasteiger partial charge < -0.3 is 9.84 Å². The number of sulfonamides is 1. The Labute approximate surface area is 157 Å².